The fraction of sp³-hybridized carbons (Fsp3) is 0.600. The molecule has 1 aliphatic carbocycles. The van der Waals surface area contributed by atoms with Gasteiger partial charge >= 0.3 is 0 Å². The topological polar surface area (TPSA) is 44.7 Å². The standard InChI is InChI=1S/C15H21BrN2O2/c1-20-12-5-4-11(16)13(15(12)19)14(10-2-3-10)18-8-6-17-7-9-18/h4-5,10,14,17,19H,2-3,6-9H2,1H3/t14-/m0/s1. The minimum absolute atomic E-state index is 0.289. The number of phenols is 1. The molecule has 0 radical (unpaired) electrons. The van der Waals surface area contributed by atoms with Gasteiger partial charge in [0.15, 0.2) is 11.5 Å². The number of nitrogens with zero attached hydrogens (tertiary/aromatic N) is 1. The molecule has 1 aromatic rings. The summed E-state index contributed by atoms with van der Waals surface area (Å²) in [5.74, 6) is 1.50. The first-order valence-corrected chi connectivity index (χ1v) is 8.01. The van der Waals surface area contributed by atoms with E-state index in [2.05, 4.69) is 26.1 Å². The summed E-state index contributed by atoms with van der Waals surface area (Å²) in [5.41, 5.74) is 0.994. The molecule has 0 spiro atoms. The van der Waals surface area contributed by atoms with E-state index in [9.17, 15) is 5.11 Å². The molecule has 4 nitrogen and oxygen atoms in total. The van der Waals surface area contributed by atoms with Crippen molar-refractivity contribution < 1.29 is 9.84 Å². The van der Waals surface area contributed by atoms with Crippen molar-refractivity contribution >= 4 is 15.9 Å². The van der Waals surface area contributed by atoms with Crippen molar-refractivity contribution in [3.63, 3.8) is 0 Å². The molecule has 20 heavy (non-hydrogen) atoms. The Kier molecular flexibility index (Phi) is 4.19. The van der Waals surface area contributed by atoms with Gasteiger partial charge in [-0.15, -0.1) is 0 Å². The van der Waals surface area contributed by atoms with Crippen molar-refractivity contribution in [3.8, 4) is 11.5 Å². The van der Waals surface area contributed by atoms with Gasteiger partial charge in [0.1, 0.15) is 0 Å². The predicted molar refractivity (Wildman–Crippen MR) is 82.3 cm³/mol. The molecule has 1 heterocycles. The van der Waals surface area contributed by atoms with Crippen LogP contribution in [0.4, 0.5) is 0 Å². The number of hydrogen-bond acceptors (Lipinski definition) is 4. The quantitative estimate of drug-likeness (QED) is 0.883. The van der Waals surface area contributed by atoms with E-state index in [1.165, 1.54) is 12.8 Å². The smallest absolute Gasteiger partial charge is 0.163 e. The number of piperazine rings is 1. The van der Waals surface area contributed by atoms with Crippen LogP contribution in [0.25, 0.3) is 0 Å². The summed E-state index contributed by atoms with van der Waals surface area (Å²) in [7, 11) is 1.60. The van der Waals surface area contributed by atoms with Gasteiger partial charge in [-0.25, -0.2) is 0 Å². The summed E-state index contributed by atoms with van der Waals surface area (Å²) in [6.45, 7) is 4.10. The van der Waals surface area contributed by atoms with Crippen LogP contribution in [0.3, 0.4) is 0 Å². The van der Waals surface area contributed by atoms with E-state index in [1.807, 2.05) is 12.1 Å². The molecular weight excluding hydrogens is 320 g/mol. The Morgan fingerprint density at radius 1 is 1.35 bits per heavy atom. The first kappa shape index (κ1) is 14.2. The number of halogens is 1. The van der Waals surface area contributed by atoms with Crippen LogP contribution >= 0.6 is 15.9 Å². The molecule has 2 N–H and O–H groups in total. The van der Waals surface area contributed by atoms with Crippen molar-refractivity contribution in [1.29, 1.82) is 0 Å². The zero-order valence-electron chi connectivity index (χ0n) is 11.7. The van der Waals surface area contributed by atoms with Crippen molar-refractivity contribution in [2.24, 2.45) is 5.92 Å². The Morgan fingerprint density at radius 3 is 2.65 bits per heavy atom. The highest BCUT2D eigenvalue weighted by molar-refractivity contribution is 9.10. The fourth-order valence-corrected chi connectivity index (χ4v) is 3.65. The average molecular weight is 341 g/mol. The van der Waals surface area contributed by atoms with Gasteiger partial charge in [-0.2, -0.15) is 0 Å². The lowest BCUT2D eigenvalue weighted by atomic mass is 9.98. The van der Waals surface area contributed by atoms with Gasteiger partial charge in [0.05, 0.1) is 7.11 Å². The zero-order valence-corrected chi connectivity index (χ0v) is 13.3. The molecule has 1 aromatic carbocycles. The Balaban J connectivity index is 1.98. The summed E-state index contributed by atoms with van der Waals surface area (Å²) in [5, 5.41) is 13.9. The largest absolute Gasteiger partial charge is 0.504 e. The number of methoxy groups -OCH3 is 1. The van der Waals surface area contributed by atoms with Crippen LogP contribution in [0.15, 0.2) is 16.6 Å². The van der Waals surface area contributed by atoms with E-state index in [-0.39, 0.29) is 5.75 Å². The third kappa shape index (κ3) is 2.67. The van der Waals surface area contributed by atoms with Crippen molar-refractivity contribution in [2.45, 2.75) is 18.9 Å². The van der Waals surface area contributed by atoms with E-state index in [4.69, 9.17) is 4.74 Å². The third-order valence-corrected chi connectivity index (χ3v) is 4.95. The Morgan fingerprint density at radius 2 is 2.05 bits per heavy atom. The van der Waals surface area contributed by atoms with Gasteiger partial charge < -0.3 is 15.2 Å². The molecule has 1 saturated carbocycles. The van der Waals surface area contributed by atoms with E-state index >= 15 is 0 Å². The minimum Gasteiger partial charge on any atom is -0.504 e. The number of hydrogen-bond donors (Lipinski definition) is 2. The molecule has 2 aliphatic rings. The summed E-state index contributed by atoms with van der Waals surface area (Å²) >= 11 is 3.62. The molecule has 1 aliphatic heterocycles. The Bertz CT molecular complexity index is 485. The highest BCUT2D eigenvalue weighted by atomic mass is 79.9. The van der Waals surface area contributed by atoms with Gasteiger partial charge in [0, 0.05) is 42.3 Å². The highest BCUT2D eigenvalue weighted by Gasteiger charge is 2.39. The lowest BCUT2D eigenvalue weighted by Gasteiger charge is -2.36. The Labute approximate surface area is 128 Å². The zero-order chi connectivity index (χ0) is 14.1. The second kappa shape index (κ2) is 5.92. The maximum Gasteiger partial charge on any atom is 0.163 e. The van der Waals surface area contributed by atoms with E-state index in [0.717, 1.165) is 36.2 Å². The van der Waals surface area contributed by atoms with Gasteiger partial charge in [0.25, 0.3) is 0 Å². The van der Waals surface area contributed by atoms with Gasteiger partial charge in [-0.3, -0.25) is 4.90 Å². The summed E-state index contributed by atoms with van der Waals surface area (Å²) in [6.07, 6.45) is 2.50. The van der Waals surface area contributed by atoms with Crippen LogP contribution in [0.5, 0.6) is 11.5 Å². The fourth-order valence-electron chi connectivity index (χ4n) is 3.10. The van der Waals surface area contributed by atoms with Crippen LogP contribution < -0.4 is 10.1 Å². The number of ether oxygens (including phenoxy) is 1. The molecule has 3 rings (SSSR count). The van der Waals surface area contributed by atoms with E-state index in [0.29, 0.717) is 17.7 Å². The molecule has 0 unspecified atom stereocenters. The first-order valence-electron chi connectivity index (χ1n) is 7.22. The van der Waals surface area contributed by atoms with E-state index < -0.39 is 0 Å². The molecule has 0 aromatic heterocycles. The average Bonchev–Trinajstić information content (AvgIpc) is 3.29. The number of nitrogens with one attached hydrogen (secondary N) is 1. The predicted octanol–water partition coefficient (Wildman–Crippen LogP) is 2.52. The van der Waals surface area contributed by atoms with Crippen molar-refractivity contribution in [1.82, 2.24) is 10.2 Å². The lowest BCUT2D eigenvalue weighted by Crippen LogP contribution is -2.45. The lowest BCUT2D eigenvalue weighted by molar-refractivity contribution is 0.152. The second-order valence-corrected chi connectivity index (χ2v) is 6.43. The van der Waals surface area contributed by atoms with Gasteiger partial charge in [0.2, 0.25) is 0 Å². The van der Waals surface area contributed by atoms with Crippen LogP contribution in [-0.4, -0.2) is 43.3 Å². The number of phenolic OH excluding ortho intramolecular Hbond substituents is 1. The minimum atomic E-state index is 0.289. The number of aromatic hydroxyl groups is 1. The Hall–Kier alpha value is -0.780. The van der Waals surface area contributed by atoms with Crippen LogP contribution in [-0.2, 0) is 0 Å². The normalized spacial score (nSPS) is 21.7. The molecule has 110 valence electrons. The van der Waals surface area contributed by atoms with Gasteiger partial charge in [-0.1, -0.05) is 15.9 Å². The monoisotopic (exact) mass is 340 g/mol. The van der Waals surface area contributed by atoms with Crippen molar-refractivity contribution in [3.05, 3.63) is 22.2 Å². The molecule has 5 heteroatoms. The summed E-state index contributed by atoms with van der Waals surface area (Å²) < 4.78 is 6.25. The molecule has 0 amide bonds. The third-order valence-electron chi connectivity index (χ3n) is 4.26. The van der Waals surface area contributed by atoms with Crippen LogP contribution in [0.2, 0.25) is 0 Å². The molecule has 1 atom stereocenters. The first-order chi connectivity index (χ1) is 9.72. The molecular formula is C15H21BrN2O2. The SMILES string of the molecule is COc1ccc(Br)c([C@H](C2CC2)N2CCNCC2)c1O. The van der Waals surface area contributed by atoms with Crippen LogP contribution in [0.1, 0.15) is 24.4 Å². The summed E-state index contributed by atoms with van der Waals surface area (Å²) in [4.78, 5) is 2.49. The highest BCUT2D eigenvalue weighted by Crippen LogP contribution is 2.50. The van der Waals surface area contributed by atoms with E-state index in [1.54, 1.807) is 7.11 Å². The number of rotatable bonds is 4. The second-order valence-electron chi connectivity index (χ2n) is 5.58. The maximum atomic E-state index is 10.6. The van der Waals surface area contributed by atoms with Gasteiger partial charge in [-0.05, 0) is 30.9 Å². The number of benzene rings is 1. The maximum absolute atomic E-state index is 10.6. The van der Waals surface area contributed by atoms with Crippen molar-refractivity contribution in [2.75, 3.05) is 33.3 Å². The summed E-state index contributed by atoms with van der Waals surface area (Å²) in [6, 6.07) is 4.08. The molecule has 2 fully saturated rings. The molecule has 0 bridgehead atoms. The van der Waals surface area contributed by atoms with Crippen LogP contribution in [0, 0.1) is 5.92 Å². The molecule has 1 saturated heterocycles.